The zero-order chi connectivity index (χ0) is 20.9. The first-order chi connectivity index (χ1) is 14.6. The lowest BCUT2D eigenvalue weighted by Gasteiger charge is -2.35. The average Bonchev–Trinajstić information content (AvgIpc) is 2.79. The van der Waals surface area contributed by atoms with Crippen molar-refractivity contribution in [2.24, 2.45) is 0 Å². The van der Waals surface area contributed by atoms with E-state index in [1.807, 2.05) is 49.4 Å². The van der Waals surface area contributed by atoms with Gasteiger partial charge in [-0.2, -0.15) is 0 Å². The molecule has 2 heterocycles. The minimum absolute atomic E-state index is 0.0431. The van der Waals surface area contributed by atoms with Crippen molar-refractivity contribution in [3.05, 3.63) is 54.1 Å². The van der Waals surface area contributed by atoms with Crippen molar-refractivity contribution in [2.75, 3.05) is 31.6 Å². The monoisotopic (exact) mass is 409 g/mol. The van der Waals surface area contributed by atoms with E-state index in [0.29, 0.717) is 36.0 Å². The Labute approximate surface area is 176 Å². The van der Waals surface area contributed by atoms with E-state index < -0.39 is 0 Å². The molecule has 1 saturated heterocycles. The van der Waals surface area contributed by atoms with Crippen molar-refractivity contribution in [2.45, 2.75) is 31.8 Å². The van der Waals surface area contributed by atoms with E-state index in [0.717, 1.165) is 25.9 Å². The topological polar surface area (TPSA) is 79.9 Å². The number of benzene rings is 2. The van der Waals surface area contributed by atoms with Gasteiger partial charge in [-0.05, 0) is 44.0 Å². The molecular weight excluding hydrogens is 382 g/mol. The zero-order valence-electron chi connectivity index (χ0n) is 17.1. The molecule has 7 nitrogen and oxygen atoms in total. The maximum Gasteiger partial charge on any atom is 0.251 e. The summed E-state index contributed by atoms with van der Waals surface area (Å²) in [6, 6.07) is 14.5. The first-order valence-corrected chi connectivity index (χ1v) is 10.4. The van der Waals surface area contributed by atoms with Crippen molar-refractivity contribution in [3.63, 3.8) is 0 Å². The van der Waals surface area contributed by atoms with E-state index in [4.69, 9.17) is 9.47 Å². The summed E-state index contributed by atoms with van der Waals surface area (Å²) >= 11 is 0. The molecule has 1 unspecified atom stereocenters. The summed E-state index contributed by atoms with van der Waals surface area (Å²) in [6.07, 6.45) is 1.64. The second-order valence-electron chi connectivity index (χ2n) is 7.67. The summed E-state index contributed by atoms with van der Waals surface area (Å²) in [5.41, 5.74) is 1.37. The number of hydrogen-bond donors (Lipinski definition) is 2. The molecule has 2 aromatic carbocycles. The van der Waals surface area contributed by atoms with E-state index in [2.05, 4.69) is 15.5 Å². The smallest absolute Gasteiger partial charge is 0.251 e. The van der Waals surface area contributed by atoms with Gasteiger partial charge in [-0.3, -0.25) is 14.5 Å². The second-order valence-corrected chi connectivity index (χ2v) is 7.67. The van der Waals surface area contributed by atoms with Gasteiger partial charge in [-0.25, -0.2) is 0 Å². The lowest BCUT2D eigenvalue weighted by molar-refractivity contribution is -0.121. The van der Waals surface area contributed by atoms with Crippen LogP contribution in [0.4, 0.5) is 5.69 Å². The predicted molar refractivity (Wildman–Crippen MR) is 114 cm³/mol. The first kappa shape index (κ1) is 20.2. The van der Waals surface area contributed by atoms with Crippen molar-refractivity contribution in [1.29, 1.82) is 0 Å². The van der Waals surface area contributed by atoms with Crippen LogP contribution < -0.4 is 20.1 Å². The number of carbonyl (C=O) groups excluding carboxylic acids is 2. The van der Waals surface area contributed by atoms with Crippen molar-refractivity contribution >= 4 is 17.5 Å². The Kier molecular flexibility index (Phi) is 6.18. The van der Waals surface area contributed by atoms with Crippen LogP contribution in [0.15, 0.2) is 48.5 Å². The minimum Gasteiger partial charge on any atom is -0.486 e. The highest BCUT2D eigenvalue weighted by Crippen LogP contribution is 2.32. The predicted octanol–water partition coefficient (Wildman–Crippen LogP) is 2.68. The van der Waals surface area contributed by atoms with Crippen molar-refractivity contribution < 1.29 is 19.1 Å². The van der Waals surface area contributed by atoms with Gasteiger partial charge in [0.15, 0.2) is 11.5 Å². The van der Waals surface area contributed by atoms with Gasteiger partial charge in [0.05, 0.1) is 6.04 Å². The summed E-state index contributed by atoms with van der Waals surface area (Å²) < 4.78 is 11.1. The van der Waals surface area contributed by atoms with Gasteiger partial charge in [-0.1, -0.05) is 18.2 Å². The molecule has 2 amide bonds. The molecule has 7 heteroatoms. The van der Waals surface area contributed by atoms with Gasteiger partial charge in [0.1, 0.15) is 13.2 Å². The molecule has 0 aliphatic carbocycles. The molecule has 2 aromatic rings. The number of ether oxygens (including phenoxy) is 2. The summed E-state index contributed by atoms with van der Waals surface area (Å²) in [6.45, 7) is 4.48. The van der Waals surface area contributed by atoms with Crippen LogP contribution in [0.3, 0.4) is 0 Å². The van der Waals surface area contributed by atoms with E-state index in [1.165, 1.54) is 0 Å². The molecule has 2 N–H and O–H groups in total. The highest BCUT2D eigenvalue weighted by atomic mass is 16.6. The Morgan fingerprint density at radius 2 is 1.70 bits per heavy atom. The molecule has 4 rings (SSSR count). The molecular formula is C23H27N3O4. The molecule has 0 aromatic heterocycles. The highest BCUT2D eigenvalue weighted by molar-refractivity contribution is 5.95. The van der Waals surface area contributed by atoms with Crippen LogP contribution in [-0.4, -0.2) is 55.1 Å². The van der Waals surface area contributed by atoms with Crippen LogP contribution in [0, 0.1) is 0 Å². The number of likely N-dealkylation sites (tertiary alicyclic amines) is 1. The Hall–Kier alpha value is -3.06. The number of hydrogen-bond acceptors (Lipinski definition) is 5. The molecule has 0 saturated carbocycles. The molecule has 1 fully saturated rings. The Morgan fingerprint density at radius 1 is 1.00 bits per heavy atom. The number of amides is 2. The van der Waals surface area contributed by atoms with E-state index in [-0.39, 0.29) is 23.9 Å². The SMILES string of the molecule is CC(C(=O)Nc1ccc2c(c1)OCCO2)N1CCC(NC(=O)c2ccccc2)CC1. The van der Waals surface area contributed by atoms with E-state index >= 15 is 0 Å². The number of fused-ring (bicyclic) bond motifs is 1. The van der Waals surface area contributed by atoms with Gasteiger partial charge < -0.3 is 20.1 Å². The van der Waals surface area contributed by atoms with Crippen molar-refractivity contribution in [1.82, 2.24) is 10.2 Å². The van der Waals surface area contributed by atoms with Gasteiger partial charge in [-0.15, -0.1) is 0 Å². The number of nitrogens with zero attached hydrogens (tertiary/aromatic N) is 1. The van der Waals surface area contributed by atoms with Crippen LogP contribution in [0.2, 0.25) is 0 Å². The molecule has 0 spiro atoms. The Morgan fingerprint density at radius 3 is 2.43 bits per heavy atom. The minimum atomic E-state index is -0.260. The fourth-order valence-electron chi connectivity index (χ4n) is 3.82. The molecule has 2 aliphatic heterocycles. The van der Waals surface area contributed by atoms with E-state index in [9.17, 15) is 9.59 Å². The molecule has 158 valence electrons. The lowest BCUT2D eigenvalue weighted by Crippen LogP contribution is -2.50. The normalized spacial score (nSPS) is 17.8. The molecule has 30 heavy (non-hydrogen) atoms. The largest absolute Gasteiger partial charge is 0.486 e. The molecule has 2 aliphatic rings. The van der Waals surface area contributed by atoms with Gasteiger partial charge in [0.2, 0.25) is 5.91 Å². The third-order valence-electron chi connectivity index (χ3n) is 5.64. The van der Waals surface area contributed by atoms with Crippen LogP contribution in [-0.2, 0) is 4.79 Å². The fourth-order valence-corrected chi connectivity index (χ4v) is 3.82. The summed E-state index contributed by atoms with van der Waals surface area (Å²) in [7, 11) is 0. The standard InChI is InChI=1S/C23H27N3O4/c1-16(22(27)25-19-7-8-20-21(15-19)30-14-13-29-20)26-11-9-18(10-12-26)24-23(28)17-5-3-2-4-6-17/h2-8,15-16,18H,9-14H2,1H3,(H,24,28)(H,25,27). The number of rotatable bonds is 5. The summed E-state index contributed by atoms with van der Waals surface area (Å²) in [5.74, 6) is 1.26. The fraction of sp³-hybridized carbons (Fsp3) is 0.391. The quantitative estimate of drug-likeness (QED) is 0.794. The maximum absolute atomic E-state index is 12.7. The number of anilines is 1. The summed E-state index contributed by atoms with van der Waals surface area (Å²) in [5, 5.41) is 6.07. The first-order valence-electron chi connectivity index (χ1n) is 10.4. The highest BCUT2D eigenvalue weighted by Gasteiger charge is 2.27. The second kappa shape index (κ2) is 9.17. The number of carbonyl (C=O) groups is 2. The van der Waals surface area contributed by atoms with E-state index in [1.54, 1.807) is 6.07 Å². The van der Waals surface area contributed by atoms with Crippen molar-refractivity contribution in [3.8, 4) is 11.5 Å². The molecule has 0 bridgehead atoms. The van der Waals surface area contributed by atoms with Crippen LogP contribution in [0.25, 0.3) is 0 Å². The Balaban J connectivity index is 1.27. The summed E-state index contributed by atoms with van der Waals surface area (Å²) in [4.78, 5) is 27.2. The Bertz CT molecular complexity index is 895. The van der Waals surface area contributed by atoms with Crippen LogP contribution in [0.1, 0.15) is 30.1 Å². The third kappa shape index (κ3) is 4.74. The zero-order valence-corrected chi connectivity index (χ0v) is 17.1. The average molecular weight is 409 g/mol. The van der Waals surface area contributed by atoms with Gasteiger partial charge in [0, 0.05) is 36.4 Å². The van der Waals surface area contributed by atoms with Gasteiger partial charge >= 0.3 is 0 Å². The molecule has 0 radical (unpaired) electrons. The maximum atomic E-state index is 12.7. The van der Waals surface area contributed by atoms with Gasteiger partial charge in [0.25, 0.3) is 5.91 Å². The number of nitrogens with one attached hydrogen (secondary N) is 2. The van der Waals surface area contributed by atoms with Crippen LogP contribution in [0.5, 0.6) is 11.5 Å². The lowest BCUT2D eigenvalue weighted by atomic mass is 10.0. The number of piperidine rings is 1. The molecule has 1 atom stereocenters. The van der Waals surface area contributed by atoms with Crippen LogP contribution >= 0.6 is 0 Å². The third-order valence-corrected chi connectivity index (χ3v) is 5.64.